The van der Waals surface area contributed by atoms with Crippen LogP contribution in [0.3, 0.4) is 0 Å². The molecule has 0 saturated heterocycles. The van der Waals surface area contributed by atoms with Crippen molar-refractivity contribution in [3.63, 3.8) is 0 Å². The Morgan fingerprint density at radius 3 is 2.32 bits per heavy atom. The summed E-state index contributed by atoms with van der Waals surface area (Å²) in [6.45, 7) is 0. The summed E-state index contributed by atoms with van der Waals surface area (Å²) in [5.41, 5.74) is 3.43. The first-order valence-corrected chi connectivity index (χ1v) is 6.42. The molecule has 88 valence electrons. The number of fused-ring (bicyclic) bond motifs is 2. The summed E-state index contributed by atoms with van der Waals surface area (Å²) in [7, 11) is 0. The first-order valence-electron chi connectivity index (χ1n) is 6.42. The Balaban J connectivity index is 2.33. The molecule has 5 aromatic rings. The number of rotatable bonds is 0. The van der Waals surface area contributed by atoms with Crippen LogP contribution < -0.4 is 0 Å². The molecule has 0 fully saturated rings. The Bertz CT molecular complexity index is 1050. The predicted octanol–water partition coefficient (Wildman–Crippen LogP) is 4.23. The van der Waals surface area contributed by atoms with Crippen molar-refractivity contribution in [2.75, 3.05) is 0 Å². The molecule has 0 spiro atoms. The smallest absolute Gasteiger partial charge is 0.137 e. The summed E-state index contributed by atoms with van der Waals surface area (Å²) in [6.07, 6.45) is 1.98. The lowest BCUT2D eigenvalue weighted by Gasteiger charge is -2.11. The van der Waals surface area contributed by atoms with E-state index < -0.39 is 0 Å². The van der Waals surface area contributed by atoms with Crippen LogP contribution in [0.4, 0.5) is 0 Å². The number of aromatic nitrogens is 2. The van der Waals surface area contributed by atoms with Crippen molar-refractivity contribution in [1.82, 2.24) is 9.38 Å². The molecule has 0 aliphatic carbocycles. The SMILES string of the molecule is c1cc2cccc3c2c(c1)c1cccc2ncc3n21. The zero-order chi connectivity index (χ0) is 12.4. The Labute approximate surface area is 109 Å². The third-order valence-corrected chi connectivity index (χ3v) is 3.99. The molecule has 0 N–H and O–H groups in total. The molecule has 3 heterocycles. The maximum absolute atomic E-state index is 4.52. The van der Waals surface area contributed by atoms with Gasteiger partial charge < -0.3 is 0 Å². The maximum Gasteiger partial charge on any atom is 0.137 e. The normalized spacial score (nSPS) is 12.2. The molecular formula is C17H10N2. The minimum atomic E-state index is 1.01. The molecule has 0 atom stereocenters. The van der Waals surface area contributed by atoms with Crippen molar-refractivity contribution < 1.29 is 0 Å². The summed E-state index contributed by atoms with van der Waals surface area (Å²) in [5, 5.41) is 5.20. The van der Waals surface area contributed by atoms with Crippen molar-refractivity contribution in [2.24, 2.45) is 0 Å². The molecule has 5 rings (SSSR count). The third-order valence-electron chi connectivity index (χ3n) is 3.99. The molecule has 0 aliphatic rings. The van der Waals surface area contributed by atoms with Crippen molar-refractivity contribution in [2.45, 2.75) is 0 Å². The highest BCUT2D eigenvalue weighted by atomic mass is 15.0. The Morgan fingerprint density at radius 1 is 0.737 bits per heavy atom. The van der Waals surface area contributed by atoms with Crippen LogP contribution in [-0.4, -0.2) is 9.38 Å². The zero-order valence-corrected chi connectivity index (χ0v) is 10.2. The molecule has 0 unspecified atom stereocenters. The first-order chi connectivity index (χ1) is 9.43. The number of nitrogens with zero attached hydrogens (tertiary/aromatic N) is 2. The van der Waals surface area contributed by atoms with E-state index in [1.54, 1.807) is 0 Å². The fraction of sp³-hybridized carbons (Fsp3) is 0. The number of imidazole rings is 1. The van der Waals surface area contributed by atoms with Crippen molar-refractivity contribution >= 4 is 38.2 Å². The summed E-state index contributed by atoms with van der Waals surface area (Å²) in [4.78, 5) is 4.52. The van der Waals surface area contributed by atoms with Crippen LogP contribution in [0.2, 0.25) is 0 Å². The maximum atomic E-state index is 4.52. The van der Waals surface area contributed by atoms with Gasteiger partial charge >= 0.3 is 0 Å². The highest BCUT2D eigenvalue weighted by Gasteiger charge is 2.12. The Kier molecular flexibility index (Phi) is 1.49. The highest BCUT2D eigenvalue weighted by Crippen LogP contribution is 2.34. The molecule has 19 heavy (non-hydrogen) atoms. The molecule has 0 saturated carbocycles. The van der Waals surface area contributed by atoms with Gasteiger partial charge in [0.15, 0.2) is 0 Å². The van der Waals surface area contributed by atoms with Crippen LogP contribution in [0.1, 0.15) is 0 Å². The lowest BCUT2D eigenvalue weighted by Crippen LogP contribution is -1.92. The summed E-state index contributed by atoms with van der Waals surface area (Å²) in [6, 6.07) is 19.3. The van der Waals surface area contributed by atoms with Crippen LogP contribution in [0.15, 0.2) is 60.8 Å². The summed E-state index contributed by atoms with van der Waals surface area (Å²) in [5.74, 6) is 0. The van der Waals surface area contributed by atoms with Gasteiger partial charge in [-0.1, -0.05) is 42.5 Å². The molecular weight excluding hydrogens is 232 g/mol. The van der Waals surface area contributed by atoms with Gasteiger partial charge in [-0.2, -0.15) is 0 Å². The second-order valence-corrected chi connectivity index (χ2v) is 4.96. The van der Waals surface area contributed by atoms with Crippen molar-refractivity contribution in [3.8, 4) is 0 Å². The average molecular weight is 242 g/mol. The predicted molar refractivity (Wildman–Crippen MR) is 78.9 cm³/mol. The van der Waals surface area contributed by atoms with Gasteiger partial charge in [-0.25, -0.2) is 4.98 Å². The van der Waals surface area contributed by atoms with Crippen molar-refractivity contribution in [1.29, 1.82) is 0 Å². The zero-order valence-electron chi connectivity index (χ0n) is 10.2. The second-order valence-electron chi connectivity index (χ2n) is 4.96. The fourth-order valence-electron chi connectivity index (χ4n) is 3.20. The van der Waals surface area contributed by atoms with Gasteiger partial charge in [-0.3, -0.25) is 4.40 Å². The van der Waals surface area contributed by atoms with Crippen LogP contribution >= 0.6 is 0 Å². The largest absolute Gasteiger partial charge is 0.292 e. The van der Waals surface area contributed by atoms with E-state index in [2.05, 4.69) is 64.0 Å². The van der Waals surface area contributed by atoms with Crippen LogP contribution in [0, 0.1) is 0 Å². The number of hydrogen-bond donors (Lipinski definition) is 0. The minimum absolute atomic E-state index is 1.01. The van der Waals surface area contributed by atoms with Gasteiger partial charge in [-0.15, -0.1) is 0 Å². The average Bonchev–Trinajstić information content (AvgIpc) is 2.90. The molecule has 2 heteroatoms. The van der Waals surface area contributed by atoms with E-state index in [0.717, 1.165) is 5.65 Å². The van der Waals surface area contributed by atoms with Gasteiger partial charge in [0.05, 0.1) is 17.2 Å². The summed E-state index contributed by atoms with van der Waals surface area (Å²) < 4.78 is 2.25. The van der Waals surface area contributed by atoms with Crippen LogP contribution in [0.5, 0.6) is 0 Å². The standard InChI is InChI=1S/C17H10N2/c1-4-11-5-2-7-13-15-10-18-16-9-3-8-14(19(15)16)12(6-1)17(11)13/h1-10H. The van der Waals surface area contributed by atoms with E-state index in [-0.39, 0.29) is 0 Å². The summed E-state index contributed by atoms with van der Waals surface area (Å²) >= 11 is 0. The van der Waals surface area contributed by atoms with E-state index in [1.807, 2.05) is 6.20 Å². The van der Waals surface area contributed by atoms with Gasteiger partial charge in [0.2, 0.25) is 0 Å². The monoisotopic (exact) mass is 242 g/mol. The number of pyridine rings is 2. The molecule has 0 bridgehead atoms. The first kappa shape index (κ1) is 9.34. The van der Waals surface area contributed by atoms with Gasteiger partial charge in [0, 0.05) is 16.2 Å². The highest BCUT2D eigenvalue weighted by molar-refractivity contribution is 6.20. The Morgan fingerprint density at radius 2 is 1.47 bits per heavy atom. The number of hydrogen-bond acceptors (Lipinski definition) is 1. The van der Waals surface area contributed by atoms with Gasteiger partial charge in [0.25, 0.3) is 0 Å². The fourth-order valence-corrected chi connectivity index (χ4v) is 3.20. The molecule has 0 aliphatic heterocycles. The van der Waals surface area contributed by atoms with Crippen molar-refractivity contribution in [3.05, 3.63) is 60.8 Å². The third kappa shape index (κ3) is 1.01. The quantitative estimate of drug-likeness (QED) is 0.293. The van der Waals surface area contributed by atoms with E-state index in [0.29, 0.717) is 0 Å². The van der Waals surface area contributed by atoms with Crippen LogP contribution in [-0.2, 0) is 0 Å². The molecule has 3 aromatic heterocycles. The molecule has 2 nitrogen and oxygen atoms in total. The number of benzene rings is 2. The lowest BCUT2D eigenvalue weighted by molar-refractivity contribution is 1.30. The van der Waals surface area contributed by atoms with Crippen LogP contribution in [0.25, 0.3) is 38.2 Å². The van der Waals surface area contributed by atoms with E-state index >= 15 is 0 Å². The molecule has 0 radical (unpaired) electrons. The topological polar surface area (TPSA) is 17.3 Å². The van der Waals surface area contributed by atoms with Gasteiger partial charge in [0.1, 0.15) is 5.65 Å². The Hall–Kier alpha value is -2.61. The second kappa shape index (κ2) is 3.04. The lowest BCUT2D eigenvalue weighted by atomic mass is 10.0. The van der Waals surface area contributed by atoms with Gasteiger partial charge in [-0.05, 0) is 17.5 Å². The molecule has 2 aromatic carbocycles. The van der Waals surface area contributed by atoms with E-state index in [4.69, 9.17) is 0 Å². The van der Waals surface area contributed by atoms with E-state index in [1.165, 1.54) is 32.6 Å². The minimum Gasteiger partial charge on any atom is -0.292 e. The molecule has 0 amide bonds. The van der Waals surface area contributed by atoms with E-state index in [9.17, 15) is 0 Å².